The van der Waals surface area contributed by atoms with Gasteiger partial charge in [-0.15, -0.1) is 0 Å². The van der Waals surface area contributed by atoms with Gasteiger partial charge in [-0.3, -0.25) is 4.79 Å². The second-order valence-corrected chi connectivity index (χ2v) is 8.52. The Bertz CT molecular complexity index is 1140. The number of nitrogens with one attached hydrogen (secondary N) is 1. The van der Waals surface area contributed by atoms with Gasteiger partial charge >= 0.3 is 5.82 Å². The number of aryl methyl sites for hydroxylation is 1. The van der Waals surface area contributed by atoms with Gasteiger partial charge in [-0.2, -0.15) is 5.10 Å². The predicted octanol–water partition coefficient (Wildman–Crippen LogP) is 4.24. The van der Waals surface area contributed by atoms with Crippen molar-refractivity contribution in [3.8, 4) is 5.75 Å². The van der Waals surface area contributed by atoms with Crippen molar-refractivity contribution in [2.45, 2.75) is 39.7 Å². The fraction of sp³-hybridized carbons (Fsp3) is 0.292. The topological polar surface area (TPSA) is 112 Å². The summed E-state index contributed by atoms with van der Waals surface area (Å²) in [6, 6.07) is 14.6. The van der Waals surface area contributed by atoms with Crippen LogP contribution >= 0.6 is 0 Å². The van der Waals surface area contributed by atoms with Crippen molar-refractivity contribution in [1.29, 1.82) is 0 Å². The molecule has 1 heterocycles. The second kappa shape index (κ2) is 10.1. The average Bonchev–Trinajstić information content (AvgIpc) is 3.15. The molecule has 0 fully saturated rings. The van der Waals surface area contributed by atoms with E-state index in [1.165, 1.54) is 10.8 Å². The number of carbonyl (C=O) groups excluding carboxylic acids is 1. The fourth-order valence-electron chi connectivity index (χ4n) is 3.13. The number of benzene rings is 2. The number of imidazole rings is 1. The molecular formula is C24H27N5O4. The molecule has 1 N–H and O–H groups in total. The van der Waals surface area contributed by atoms with Crippen LogP contribution in [0, 0.1) is 17.0 Å². The molecule has 0 radical (unpaired) electrons. The van der Waals surface area contributed by atoms with Crippen LogP contribution in [-0.2, 0) is 12.0 Å². The van der Waals surface area contributed by atoms with E-state index in [1.54, 1.807) is 49.5 Å². The summed E-state index contributed by atoms with van der Waals surface area (Å²) in [5.74, 6) is 0.838. The molecule has 9 heteroatoms. The normalized spacial score (nSPS) is 11.5. The number of rotatable bonds is 8. The molecule has 0 atom stereocenters. The molecule has 33 heavy (non-hydrogen) atoms. The van der Waals surface area contributed by atoms with Crippen LogP contribution in [-0.4, -0.2) is 33.2 Å². The van der Waals surface area contributed by atoms with Crippen molar-refractivity contribution in [2.24, 2.45) is 5.10 Å². The van der Waals surface area contributed by atoms with Gasteiger partial charge < -0.3 is 14.9 Å². The number of ether oxygens (including phenoxy) is 1. The first-order chi connectivity index (χ1) is 15.6. The molecule has 3 rings (SSSR count). The smallest absolute Gasteiger partial charge is 0.342 e. The van der Waals surface area contributed by atoms with Gasteiger partial charge in [-0.05, 0) is 57.9 Å². The van der Waals surface area contributed by atoms with Gasteiger partial charge in [0, 0.05) is 12.5 Å². The molecule has 1 amide bonds. The third-order valence-corrected chi connectivity index (χ3v) is 5.08. The number of hydrogen-bond acceptors (Lipinski definition) is 6. The van der Waals surface area contributed by atoms with Crippen LogP contribution in [0.15, 0.2) is 59.8 Å². The van der Waals surface area contributed by atoms with Crippen LogP contribution in [0.4, 0.5) is 5.82 Å². The first kappa shape index (κ1) is 23.6. The van der Waals surface area contributed by atoms with Gasteiger partial charge in [0.05, 0.1) is 6.21 Å². The Labute approximate surface area is 192 Å². The maximum atomic E-state index is 12.3. The molecule has 0 aliphatic heterocycles. The third-order valence-electron chi connectivity index (χ3n) is 5.08. The van der Waals surface area contributed by atoms with E-state index in [-0.39, 0.29) is 23.7 Å². The van der Waals surface area contributed by atoms with E-state index in [9.17, 15) is 14.9 Å². The molecule has 172 valence electrons. The molecule has 3 aromatic rings. The SMILES string of the molecule is Cc1ncc([N+](=O)[O-])n1CCOc1ccc(/C=N/NC(=O)c2ccc(C(C)(C)C)cc2)cc1. The Morgan fingerprint density at radius 3 is 2.45 bits per heavy atom. The van der Waals surface area contributed by atoms with Crippen LogP contribution in [0.5, 0.6) is 5.75 Å². The van der Waals surface area contributed by atoms with E-state index in [4.69, 9.17) is 4.74 Å². The van der Waals surface area contributed by atoms with Gasteiger partial charge in [0.15, 0.2) is 5.82 Å². The lowest BCUT2D eigenvalue weighted by atomic mass is 9.87. The van der Waals surface area contributed by atoms with Gasteiger partial charge in [0.25, 0.3) is 5.91 Å². The van der Waals surface area contributed by atoms with Gasteiger partial charge in [0.2, 0.25) is 0 Å². The summed E-state index contributed by atoms with van der Waals surface area (Å²) in [6.45, 7) is 8.64. The van der Waals surface area contributed by atoms with Crippen molar-refractivity contribution in [1.82, 2.24) is 15.0 Å². The summed E-state index contributed by atoms with van der Waals surface area (Å²) in [4.78, 5) is 26.8. The average molecular weight is 450 g/mol. The van der Waals surface area contributed by atoms with Crippen LogP contribution in [0.2, 0.25) is 0 Å². The number of hydrogen-bond donors (Lipinski definition) is 1. The zero-order chi connectivity index (χ0) is 24.0. The third kappa shape index (κ3) is 6.25. The number of amides is 1. The highest BCUT2D eigenvalue weighted by Crippen LogP contribution is 2.22. The van der Waals surface area contributed by atoms with Crippen molar-refractivity contribution in [3.63, 3.8) is 0 Å². The lowest BCUT2D eigenvalue weighted by Gasteiger charge is -2.18. The monoisotopic (exact) mass is 449 g/mol. The Hall–Kier alpha value is -4.01. The zero-order valence-corrected chi connectivity index (χ0v) is 19.1. The van der Waals surface area contributed by atoms with Gasteiger partial charge in [-0.25, -0.2) is 15.0 Å². The van der Waals surface area contributed by atoms with E-state index in [0.29, 0.717) is 23.7 Å². The molecule has 0 aliphatic rings. The van der Waals surface area contributed by atoms with Crippen LogP contribution in [0.1, 0.15) is 48.1 Å². The van der Waals surface area contributed by atoms with E-state index >= 15 is 0 Å². The minimum atomic E-state index is -0.464. The summed E-state index contributed by atoms with van der Waals surface area (Å²) in [6.07, 6.45) is 2.78. The maximum Gasteiger partial charge on any atom is 0.342 e. The van der Waals surface area contributed by atoms with Crippen LogP contribution < -0.4 is 10.2 Å². The lowest BCUT2D eigenvalue weighted by Crippen LogP contribution is -2.18. The number of nitro groups is 1. The molecule has 2 aromatic carbocycles. The minimum Gasteiger partial charge on any atom is -0.489 e. The zero-order valence-electron chi connectivity index (χ0n) is 19.1. The number of nitrogens with zero attached hydrogens (tertiary/aromatic N) is 4. The van der Waals surface area contributed by atoms with Gasteiger partial charge in [0.1, 0.15) is 25.1 Å². The first-order valence-electron chi connectivity index (χ1n) is 10.5. The summed E-state index contributed by atoms with van der Waals surface area (Å²) in [5.41, 5.74) is 5.03. The van der Waals surface area contributed by atoms with Crippen LogP contribution in [0.3, 0.4) is 0 Å². The number of carbonyl (C=O) groups is 1. The Kier molecular flexibility index (Phi) is 7.22. The molecule has 0 saturated carbocycles. The summed E-state index contributed by atoms with van der Waals surface area (Å²) in [5, 5.41) is 15.0. The fourth-order valence-corrected chi connectivity index (χ4v) is 3.13. The molecule has 0 unspecified atom stereocenters. The number of aromatic nitrogens is 2. The highest BCUT2D eigenvalue weighted by molar-refractivity contribution is 5.94. The minimum absolute atomic E-state index is 0.0272. The molecule has 9 nitrogen and oxygen atoms in total. The van der Waals surface area contributed by atoms with Crippen molar-refractivity contribution in [2.75, 3.05) is 6.61 Å². The maximum absolute atomic E-state index is 12.3. The second-order valence-electron chi connectivity index (χ2n) is 8.52. The van der Waals surface area contributed by atoms with Crippen LogP contribution in [0.25, 0.3) is 0 Å². The van der Waals surface area contributed by atoms with E-state index < -0.39 is 4.92 Å². The van der Waals surface area contributed by atoms with Crippen molar-refractivity contribution >= 4 is 17.9 Å². The van der Waals surface area contributed by atoms with Crippen molar-refractivity contribution < 1.29 is 14.5 Å². The molecule has 1 aromatic heterocycles. The first-order valence-corrected chi connectivity index (χ1v) is 10.5. The summed E-state index contributed by atoms with van der Waals surface area (Å²) >= 11 is 0. The Balaban J connectivity index is 1.49. The summed E-state index contributed by atoms with van der Waals surface area (Å²) < 4.78 is 7.17. The Morgan fingerprint density at radius 2 is 1.85 bits per heavy atom. The van der Waals surface area contributed by atoms with Crippen molar-refractivity contribution in [3.05, 3.63) is 87.4 Å². The molecule has 0 bridgehead atoms. The highest BCUT2D eigenvalue weighted by Gasteiger charge is 2.17. The van der Waals surface area contributed by atoms with E-state index in [1.807, 2.05) is 12.1 Å². The van der Waals surface area contributed by atoms with E-state index in [0.717, 1.165) is 11.1 Å². The predicted molar refractivity (Wildman–Crippen MR) is 126 cm³/mol. The van der Waals surface area contributed by atoms with Gasteiger partial charge in [-0.1, -0.05) is 32.9 Å². The molecule has 0 saturated heterocycles. The molecule has 0 spiro atoms. The summed E-state index contributed by atoms with van der Waals surface area (Å²) in [7, 11) is 0. The highest BCUT2D eigenvalue weighted by atomic mass is 16.6. The Morgan fingerprint density at radius 1 is 1.18 bits per heavy atom. The molecule has 0 aliphatic carbocycles. The molecular weight excluding hydrogens is 422 g/mol. The lowest BCUT2D eigenvalue weighted by molar-refractivity contribution is -0.392. The van der Waals surface area contributed by atoms with E-state index in [2.05, 4.69) is 36.3 Å². The largest absolute Gasteiger partial charge is 0.489 e. The quantitative estimate of drug-likeness (QED) is 0.314. The standard InChI is InChI=1S/C24H27N5O4/c1-17-25-16-22(29(31)32)28(17)13-14-33-21-11-5-18(6-12-21)15-26-27-23(30)19-7-9-20(10-8-19)24(2,3)4/h5-12,15-16H,13-14H2,1-4H3,(H,27,30)/b26-15+. The number of hydrazone groups is 1.